The van der Waals surface area contributed by atoms with Gasteiger partial charge in [0.2, 0.25) is 0 Å². The zero-order valence-electron chi connectivity index (χ0n) is 4.71. The quantitative estimate of drug-likeness (QED) is 0.419. The van der Waals surface area contributed by atoms with Crippen molar-refractivity contribution in [2.75, 3.05) is 19.8 Å². The molecule has 2 unspecified atom stereocenters. The molecule has 0 aromatic carbocycles. The zero-order valence-corrected chi connectivity index (χ0v) is 4.71. The van der Waals surface area contributed by atoms with Gasteiger partial charge in [-0.15, -0.1) is 0 Å². The molecule has 0 amide bonds. The minimum absolute atomic E-state index is 0.551. The molecule has 8 heavy (non-hydrogen) atoms. The van der Waals surface area contributed by atoms with Crippen molar-refractivity contribution in [3.8, 4) is 0 Å². The molecule has 2 aliphatic heterocycles. The van der Waals surface area contributed by atoms with Crippen molar-refractivity contribution < 1.29 is 4.74 Å². The summed E-state index contributed by atoms with van der Waals surface area (Å²) in [5, 5.41) is 1.86. The van der Waals surface area contributed by atoms with Crippen molar-refractivity contribution in [2.24, 2.45) is 11.8 Å². The highest BCUT2D eigenvalue weighted by Gasteiger charge is 2.41. The number of nitrogens with two attached hydrogens (primary N) is 1. The minimum atomic E-state index is 0.551. The van der Waals surface area contributed by atoms with Gasteiger partial charge in [0.1, 0.15) is 0 Å². The Labute approximate surface area is 48.4 Å². The monoisotopic (exact) mass is 114 g/mol. The second kappa shape index (κ2) is 1.43. The Morgan fingerprint density at radius 2 is 2.38 bits per heavy atom. The van der Waals surface area contributed by atoms with E-state index in [0.29, 0.717) is 6.04 Å². The number of hydrogen-bond acceptors (Lipinski definition) is 3. The van der Waals surface area contributed by atoms with Crippen LogP contribution in [0.15, 0.2) is 0 Å². The predicted molar refractivity (Wildman–Crippen MR) is 29.0 cm³/mol. The Morgan fingerprint density at radius 1 is 1.50 bits per heavy atom. The third-order valence-electron chi connectivity index (χ3n) is 2.04. The van der Waals surface area contributed by atoms with E-state index < -0.39 is 0 Å². The van der Waals surface area contributed by atoms with Crippen LogP contribution in [0.3, 0.4) is 0 Å². The summed E-state index contributed by atoms with van der Waals surface area (Å²) in [4.78, 5) is 0. The Bertz CT molecular complexity index is 107. The molecule has 3 heteroatoms. The molecule has 0 aliphatic carbocycles. The Hall–Kier alpha value is -0.120. The van der Waals surface area contributed by atoms with Gasteiger partial charge in [-0.05, 0) is 0 Å². The molecule has 2 saturated heterocycles. The van der Waals surface area contributed by atoms with E-state index in [2.05, 4.69) is 0 Å². The molecule has 2 fully saturated rings. The summed E-state index contributed by atoms with van der Waals surface area (Å²) in [5.41, 5.74) is 0. The first-order valence-electron chi connectivity index (χ1n) is 2.97. The highest BCUT2D eigenvalue weighted by Crippen LogP contribution is 2.26. The van der Waals surface area contributed by atoms with E-state index in [0.717, 1.165) is 25.7 Å². The summed E-state index contributed by atoms with van der Waals surface area (Å²) in [7, 11) is 0. The van der Waals surface area contributed by atoms with E-state index in [4.69, 9.17) is 10.6 Å². The first-order chi connectivity index (χ1) is 3.88. The van der Waals surface area contributed by atoms with Gasteiger partial charge in [0, 0.05) is 12.5 Å². The molecule has 3 nitrogen and oxygen atoms in total. The number of nitrogens with zero attached hydrogens (tertiary/aromatic N) is 1. The number of hydrogen-bond donors (Lipinski definition) is 1. The lowest BCUT2D eigenvalue weighted by atomic mass is 9.95. The van der Waals surface area contributed by atoms with E-state index in [1.807, 2.05) is 5.01 Å². The molecule has 0 aromatic rings. The Balaban J connectivity index is 2.02. The fourth-order valence-corrected chi connectivity index (χ4v) is 1.40. The van der Waals surface area contributed by atoms with Gasteiger partial charge in [0.25, 0.3) is 0 Å². The number of rotatable bonds is 0. The number of fused-ring (bicyclic) bond motifs is 1. The largest absolute Gasteiger partial charge is 0.379 e. The summed E-state index contributed by atoms with van der Waals surface area (Å²) in [6.45, 7) is 2.81. The molecule has 2 atom stereocenters. The second-order valence-corrected chi connectivity index (χ2v) is 2.56. The molecule has 0 saturated carbocycles. The molecule has 2 aliphatic rings. The van der Waals surface area contributed by atoms with Crippen LogP contribution in [-0.4, -0.2) is 30.8 Å². The molecular formula is C5H10N2O. The van der Waals surface area contributed by atoms with Crippen LogP contribution < -0.4 is 5.84 Å². The molecule has 0 radical (unpaired) electrons. The Morgan fingerprint density at radius 3 is 2.88 bits per heavy atom. The summed E-state index contributed by atoms with van der Waals surface area (Å²) in [6.07, 6.45) is 0. The van der Waals surface area contributed by atoms with Crippen LogP contribution in [0.25, 0.3) is 0 Å². The molecule has 0 bridgehead atoms. The van der Waals surface area contributed by atoms with Crippen LogP contribution in [0.5, 0.6) is 0 Å². The molecule has 0 aromatic heterocycles. The third-order valence-corrected chi connectivity index (χ3v) is 2.04. The zero-order chi connectivity index (χ0) is 5.56. The van der Waals surface area contributed by atoms with Gasteiger partial charge in [-0.3, -0.25) is 5.84 Å². The van der Waals surface area contributed by atoms with Crippen molar-refractivity contribution in [2.45, 2.75) is 6.04 Å². The summed E-state index contributed by atoms with van der Waals surface area (Å²) in [5.74, 6) is 6.27. The maximum Gasteiger partial charge on any atom is 0.0640 e. The molecule has 2 N–H and O–H groups in total. The number of ether oxygens (including phenoxy) is 1. The molecule has 2 rings (SSSR count). The standard InChI is InChI=1S/C5H10N2O/c6-7-1-4-2-8-3-5(4)7/h4-5H,1-3,6H2. The van der Waals surface area contributed by atoms with E-state index in [-0.39, 0.29) is 0 Å². The van der Waals surface area contributed by atoms with Gasteiger partial charge in [0.15, 0.2) is 0 Å². The maximum atomic E-state index is 5.52. The van der Waals surface area contributed by atoms with E-state index in [1.54, 1.807) is 0 Å². The van der Waals surface area contributed by atoms with Crippen LogP contribution in [0.4, 0.5) is 0 Å². The van der Waals surface area contributed by atoms with Gasteiger partial charge in [-0.2, -0.15) is 0 Å². The normalized spacial score (nSPS) is 46.1. The molecule has 46 valence electrons. The molecular weight excluding hydrogens is 104 g/mol. The third kappa shape index (κ3) is 0.438. The van der Waals surface area contributed by atoms with Gasteiger partial charge in [-0.25, -0.2) is 5.01 Å². The van der Waals surface area contributed by atoms with Crippen molar-refractivity contribution in [1.82, 2.24) is 5.01 Å². The van der Waals surface area contributed by atoms with Gasteiger partial charge in [0.05, 0.1) is 19.3 Å². The van der Waals surface area contributed by atoms with Crippen LogP contribution in [0, 0.1) is 5.92 Å². The number of hydrazine groups is 1. The van der Waals surface area contributed by atoms with Crippen LogP contribution in [-0.2, 0) is 4.74 Å². The fraction of sp³-hybridized carbons (Fsp3) is 1.00. The van der Waals surface area contributed by atoms with Gasteiger partial charge >= 0.3 is 0 Å². The van der Waals surface area contributed by atoms with Crippen molar-refractivity contribution in [3.63, 3.8) is 0 Å². The van der Waals surface area contributed by atoms with E-state index >= 15 is 0 Å². The average molecular weight is 114 g/mol. The Kier molecular flexibility index (Phi) is 0.848. The molecule has 2 heterocycles. The first-order valence-corrected chi connectivity index (χ1v) is 2.97. The smallest absolute Gasteiger partial charge is 0.0640 e. The topological polar surface area (TPSA) is 38.5 Å². The van der Waals surface area contributed by atoms with Gasteiger partial charge < -0.3 is 4.74 Å². The van der Waals surface area contributed by atoms with E-state index in [1.165, 1.54) is 0 Å². The maximum absolute atomic E-state index is 5.52. The van der Waals surface area contributed by atoms with Gasteiger partial charge in [-0.1, -0.05) is 0 Å². The lowest BCUT2D eigenvalue weighted by Gasteiger charge is -2.38. The summed E-state index contributed by atoms with van der Waals surface area (Å²) < 4.78 is 5.18. The minimum Gasteiger partial charge on any atom is -0.379 e. The van der Waals surface area contributed by atoms with E-state index in [9.17, 15) is 0 Å². The van der Waals surface area contributed by atoms with Crippen molar-refractivity contribution in [1.29, 1.82) is 0 Å². The SMILES string of the molecule is NN1CC2COCC21. The summed E-state index contributed by atoms with van der Waals surface area (Å²) in [6, 6.07) is 0.551. The van der Waals surface area contributed by atoms with Crippen LogP contribution >= 0.6 is 0 Å². The highest BCUT2D eigenvalue weighted by atomic mass is 16.5. The van der Waals surface area contributed by atoms with Crippen molar-refractivity contribution >= 4 is 0 Å². The fourth-order valence-electron chi connectivity index (χ4n) is 1.40. The highest BCUT2D eigenvalue weighted by molar-refractivity contribution is 4.91. The predicted octanol–water partition coefficient (Wildman–Crippen LogP) is -0.809. The first kappa shape index (κ1) is 4.73. The van der Waals surface area contributed by atoms with Crippen LogP contribution in [0.2, 0.25) is 0 Å². The lowest BCUT2D eigenvalue weighted by Crippen LogP contribution is -2.59. The lowest BCUT2D eigenvalue weighted by molar-refractivity contribution is 0.0512. The molecule has 0 spiro atoms. The van der Waals surface area contributed by atoms with Crippen molar-refractivity contribution in [3.05, 3.63) is 0 Å². The average Bonchev–Trinajstić information content (AvgIpc) is 2.09. The second-order valence-electron chi connectivity index (χ2n) is 2.56. The van der Waals surface area contributed by atoms with Crippen LogP contribution in [0.1, 0.15) is 0 Å². The summed E-state index contributed by atoms with van der Waals surface area (Å²) >= 11 is 0.